The Kier molecular flexibility index (Phi) is 6.70. The van der Waals surface area contributed by atoms with Crippen molar-refractivity contribution in [2.75, 3.05) is 24.3 Å². The van der Waals surface area contributed by atoms with Crippen LogP contribution in [0.15, 0.2) is 54.9 Å². The zero-order chi connectivity index (χ0) is 25.2. The molecule has 11 heteroatoms. The fourth-order valence-corrected chi connectivity index (χ4v) is 4.29. The largest absolute Gasteiger partial charge is 0.494 e. The minimum Gasteiger partial charge on any atom is -0.494 e. The highest BCUT2D eigenvalue weighted by Crippen LogP contribution is 2.35. The van der Waals surface area contributed by atoms with Gasteiger partial charge in [-0.3, -0.25) is 4.57 Å². The van der Waals surface area contributed by atoms with Crippen molar-refractivity contribution in [1.82, 2.24) is 19.5 Å². The molecule has 1 aliphatic rings. The van der Waals surface area contributed by atoms with Gasteiger partial charge >= 0.3 is 0 Å². The van der Waals surface area contributed by atoms with Gasteiger partial charge < -0.3 is 35.8 Å². The summed E-state index contributed by atoms with van der Waals surface area (Å²) in [5.74, 6) is 1.35. The zero-order valence-corrected chi connectivity index (χ0v) is 19.7. The normalized spacial score (nSPS) is 21.7. The summed E-state index contributed by atoms with van der Waals surface area (Å²) in [5.41, 5.74) is 9.82. The van der Waals surface area contributed by atoms with Gasteiger partial charge in [-0.25, -0.2) is 15.0 Å². The van der Waals surface area contributed by atoms with E-state index in [1.54, 1.807) is 0 Å². The average Bonchev–Trinajstić information content (AvgIpc) is 3.41. The van der Waals surface area contributed by atoms with Gasteiger partial charge in [-0.1, -0.05) is 36.4 Å². The lowest BCUT2D eigenvalue weighted by atomic mass is 10.0. The molecular weight excluding hydrogens is 464 g/mol. The number of nitrogens with zero attached hydrogens (tertiary/aromatic N) is 4. The van der Waals surface area contributed by atoms with Gasteiger partial charge in [0.1, 0.15) is 30.4 Å². The van der Waals surface area contributed by atoms with Gasteiger partial charge in [0.25, 0.3) is 0 Å². The van der Waals surface area contributed by atoms with Crippen LogP contribution in [0.3, 0.4) is 0 Å². The van der Waals surface area contributed by atoms with E-state index in [2.05, 4.69) is 20.3 Å². The van der Waals surface area contributed by atoms with Crippen LogP contribution < -0.4 is 15.8 Å². The van der Waals surface area contributed by atoms with Crippen LogP contribution in [0, 0.1) is 0 Å². The number of imidazole rings is 1. The second-order valence-electron chi connectivity index (χ2n) is 8.47. The maximum Gasteiger partial charge on any atom is 0.207 e. The first-order valence-electron chi connectivity index (χ1n) is 11.7. The lowest BCUT2D eigenvalue weighted by Crippen LogP contribution is -2.33. The molecule has 36 heavy (non-hydrogen) atoms. The van der Waals surface area contributed by atoms with Crippen LogP contribution in [0.25, 0.3) is 22.3 Å². The van der Waals surface area contributed by atoms with Gasteiger partial charge in [0.15, 0.2) is 23.2 Å². The Hall–Kier alpha value is -3.77. The molecule has 0 aliphatic carbocycles. The van der Waals surface area contributed by atoms with E-state index in [9.17, 15) is 15.3 Å². The first-order valence-corrected chi connectivity index (χ1v) is 11.7. The first-order chi connectivity index (χ1) is 17.5. The number of rotatable bonds is 8. The fourth-order valence-electron chi connectivity index (χ4n) is 4.29. The van der Waals surface area contributed by atoms with Crippen LogP contribution in [0.2, 0.25) is 0 Å². The van der Waals surface area contributed by atoms with Gasteiger partial charge in [-0.2, -0.15) is 0 Å². The summed E-state index contributed by atoms with van der Waals surface area (Å²) < 4.78 is 12.8. The molecule has 0 saturated carbocycles. The molecule has 1 fully saturated rings. The van der Waals surface area contributed by atoms with Crippen LogP contribution in [-0.4, -0.2) is 66.4 Å². The Morgan fingerprint density at radius 3 is 2.36 bits per heavy atom. The predicted octanol–water partition coefficient (Wildman–Crippen LogP) is 1.70. The van der Waals surface area contributed by atoms with Crippen molar-refractivity contribution in [1.29, 1.82) is 0 Å². The molecule has 4 aromatic rings. The van der Waals surface area contributed by atoms with Gasteiger partial charge in [0.05, 0.1) is 13.2 Å². The Morgan fingerprint density at radius 2 is 1.72 bits per heavy atom. The average molecular weight is 493 g/mol. The molecule has 0 bridgehead atoms. The standard InChI is InChI=1S/C25H28N6O5/c1-2-35-17-9-7-16(8-10-17)15-5-3-14(4-6-15)11-27-25-30-19-22(26)28-13-29-23(19)31(25)24-21(34)20(33)18(12-32)36-24/h3-10,13,18,20-21,24,32-34H,2,11-12H2,1H3,(H,27,30)(H2,26,28,29)/t18-,20-,21-,24-/m1/s1. The number of hydrogen-bond acceptors (Lipinski definition) is 10. The quantitative estimate of drug-likeness (QED) is 0.245. The van der Waals surface area contributed by atoms with Crippen molar-refractivity contribution in [3.8, 4) is 16.9 Å². The van der Waals surface area contributed by atoms with Crippen LogP contribution >= 0.6 is 0 Å². The number of nitrogens with two attached hydrogens (primary N) is 1. The van der Waals surface area contributed by atoms with E-state index in [0.717, 1.165) is 22.4 Å². The molecule has 5 rings (SSSR count). The van der Waals surface area contributed by atoms with E-state index in [1.807, 2.05) is 55.5 Å². The first kappa shape index (κ1) is 23.9. The minimum absolute atomic E-state index is 0.174. The smallest absolute Gasteiger partial charge is 0.207 e. The molecule has 0 unspecified atom stereocenters. The molecule has 1 saturated heterocycles. The Labute approximate surface area is 207 Å². The molecule has 0 spiro atoms. The molecule has 1 aliphatic heterocycles. The Bertz CT molecular complexity index is 1330. The van der Waals surface area contributed by atoms with Crippen LogP contribution in [0.5, 0.6) is 5.75 Å². The fraction of sp³-hybridized carbons (Fsp3) is 0.320. The van der Waals surface area contributed by atoms with E-state index in [1.165, 1.54) is 10.9 Å². The van der Waals surface area contributed by atoms with Gasteiger partial charge in [0.2, 0.25) is 5.95 Å². The number of nitrogen functional groups attached to an aromatic ring is 1. The molecule has 0 amide bonds. The highest BCUT2D eigenvalue weighted by atomic mass is 16.6. The van der Waals surface area contributed by atoms with E-state index in [-0.39, 0.29) is 5.82 Å². The molecule has 2 aromatic heterocycles. The number of aliphatic hydroxyl groups is 3. The monoisotopic (exact) mass is 492 g/mol. The molecule has 3 heterocycles. The van der Waals surface area contributed by atoms with Gasteiger partial charge in [0, 0.05) is 6.54 Å². The van der Waals surface area contributed by atoms with Crippen molar-refractivity contribution in [2.24, 2.45) is 0 Å². The van der Waals surface area contributed by atoms with E-state index in [4.69, 9.17) is 15.2 Å². The minimum atomic E-state index is -1.30. The predicted molar refractivity (Wildman–Crippen MR) is 133 cm³/mol. The van der Waals surface area contributed by atoms with Crippen LogP contribution in [0.1, 0.15) is 18.7 Å². The third-order valence-electron chi connectivity index (χ3n) is 6.18. The summed E-state index contributed by atoms with van der Waals surface area (Å²) in [6.07, 6.45) is -3.24. The number of ether oxygens (including phenoxy) is 2. The van der Waals surface area contributed by atoms with Crippen molar-refractivity contribution in [3.63, 3.8) is 0 Å². The van der Waals surface area contributed by atoms with Gasteiger partial charge in [-0.05, 0) is 35.7 Å². The maximum absolute atomic E-state index is 10.6. The number of benzene rings is 2. The number of aromatic nitrogens is 4. The lowest BCUT2D eigenvalue weighted by Gasteiger charge is -2.19. The Morgan fingerprint density at radius 1 is 1.03 bits per heavy atom. The van der Waals surface area contributed by atoms with E-state index in [0.29, 0.717) is 30.3 Å². The molecule has 188 valence electrons. The maximum atomic E-state index is 10.6. The van der Waals surface area contributed by atoms with Crippen molar-refractivity contribution < 1.29 is 24.8 Å². The summed E-state index contributed by atoms with van der Waals surface area (Å²) in [6, 6.07) is 16.0. The number of nitrogens with one attached hydrogen (secondary N) is 1. The van der Waals surface area contributed by atoms with E-state index >= 15 is 0 Å². The molecule has 11 nitrogen and oxygen atoms in total. The van der Waals surface area contributed by atoms with Crippen molar-refractivity contribution >= 4 is 22.9 Å². The van der Waals surface area contributed by atoms with E-state index < -0.39 is 31.1 Å². The summed E-state index contributed by atoms with van der Waals surface area (Å²) >= 11 is 0. The molecule has 0 radical (unpaired) electrons. The molecule has 6 N–H and O–H groups in total. The number of aliphatic hydroxyl groups excluding tert-OH is 3. The van der Waals surface area contributed by atoms with Crippen LogP contribution in [-0.2, 0) is 11.3 Å². The number of fused-ring (bicyclic) bond motifs is 1. The summed E-state index contributed by atoms with van der Waals surface area (Å²) in [5, 5.41) is 33.6. The SMILES string of the molecule is CCOc1ccc(-c2ccc(CNc3nc4c(N)ncnc4n3[C@@H]3O[C@H](CO)[C@@H](O)[C@H]3O)cc2)cc1. The highest BCUT2D eigenvalue weighted by molar-refractivity contribution is 5.84. The second-order valence-corrected chi connectivity index (χ2v) is 8.47. The second kappa shape index (κ2) is 10.1. The summed E-state index contributed by atoms with van der Waals surface area (Å²) in [6.45, 7) is 2.55. The highest BCUT2D eigenvalue weighted by Gasteiger charge is 2.45. The third kappa shape index (κ3) is 4.44. The number of hydrogen-bond donors (Lipinski definition) is 5. The number of anilines is 2. The molecule has 4 atom stereocenters. The molecular formula is C25H28N6O5. The Balaban J connectivity index is 1.38. The zero-order valence-electron chi connectivity index (χ0n) is 19.7. The van der Waals surface area contributed by atoms with Crippen molar-refractivity contribution in [2.45, 2.75) is 38.0 Å². The van der Waals surface area contributed by atoms with Crippen LogP contribution in [0.4, 0.5) is 11.8 Å². The summed E-state index contributed by atoms with van der Waals surface area (Å²) in [4.78, 5) is 12.8. The molecule has 2 aromatic carbocycles. The third-order valence-corrected chi connectivity index (χ3v) is 6.18. The topological polar surface area (TPSA) is 161 Å². The van der Waals surface area contributed by atoms with Crippen molar-refractivity contribution in [3.05, 3.63) is 60.4 Å². The lowest BCUT2D eigenvalue weighted by molar-refractivity contribution is -0.0501. The summed E-state index contributed by atoms with van der Waals surface area (Å²) in [7, 11) is 0. The van der Waals surface area contributed by atoms with Gasteiger partial charge in [-0.15, -0.1) is 0 Å².